The van der Waals surface area contributed by atoms with Crippen LogP contribution in [0, 0.1) is 0 Å². The SMILES string of the molecule is CS(=O)(=O)N1CCc2cc(C(=O)NC(Cc3ccccc3)c3ccccc3)ccc21. The van der Waals surface area contributed by atoms with Crippen molar-refractivity contribution >= 4 is 21.6 Å². The number of carbonyl (C=O) groups excluding carboxylic acids is 1. The van der Waals surface area contributed by atoms with Gasteiger partial charge in [-0.2, -0.15) is 0 Å². The zero-order valence-corrected chi connectivity index (χ0v) is 17.6. The van der Waals surface area contributed by atoms with Gasteiger partial charge in [0.15, 0.2) is 0 Å². The highest BCUT2D eigenvalue weighted by atomic mass is 32.2. The summed E-state index contributed by atoms with van der Waals surface area (Å²) in [5.41, 5.74) is 4.27. The molecule has 1 aliphatic rings. The van der Waals surface area contributed by atoms with Crippen molar-refractivity contribution in [1.82, 2.24) is 5.32 Å². The molecule has 1 unspecified atom stereocenters. The van der Waals surface area contributed by atoms with Gasteiger partial charge in [-0.3, -0.25) is 9.10 Å². The molecule has 1 atom stereocenters. The number of nitrogens with zero attached hydrogens (tertiary/aromatic N) is 1. The van der Waals surface area contributed by atoms with Crippen molar-refractivity contribution in [2.75, 3.05) is 17.1 Å². The molecule has 1 amide bonds. The third kappa shape index (κ3) is 4.39. The van der Waals surface area contributed by atoms with Gasteiger partial charge in [-0.1, -0.05) is 60.7 Å². The quantitative estimate of drug-likeness (QED) is 0.661. The summed E-state index contributed by atoms with van der Waals surface area (Å²) in [6.45, 7) is 0.417. The van der Waals surface area contributed by atoms with E-state index in [0.29, 0.717) is 30.6 Å². The lowest BCUT2D eigenvalue weighted by Gasteiger charge is -2.20. The van der Waals surface area contributed by atoms with Gasteiger partial charge in [0.1, 0.15) is 0 Å². The highest BCUT2D eigenvalue weighted by Gasteiger charge is 2.27. The third-order valence-electron chi connectivity index (χ3n) is 5.38. The predicted octanol–water partition coefficient (Wildman–Crippen LogP) is 3.72. The monoisotopic (exact) mass is 420 g/mol. The van der Waals surface area contributed by atoms with Crippen molar-refractivity contribution < 1.29 is 13.2 Å². The van der Waals surface area contributed by atoms with Gasteiger partial charge in [0, 0.05) is 12.1 Å². The Labute approximate surface area is 177 Å². The minimum absolute atomic E-state index is 0.165. The lowest BCUT2D eigenvalue weighted by molar-refractivity contribution is 0.0936. The van der Waals surface area contributed by atoms with Crippen molar-refractivity contribution in [2.45, 2.75) is 18.9 Å². The summed E-state index contributed by atoms with van der Waals surface area (Å²) in [6.07, 6.45) is 2.50. The van der Waals surface area contributed by atoms with E-state index in [1.165, 1.54) is 10.6 Å². The Kier molecular flexibility index (Phi) is 5.59. The molecule has 1 heterocycles. The van der Waals surface area contributed by atoms with Crippen molar-refractivity contribution in [2.24, 2.45) is 0 Å². The van der Waals surface area contributed by atoms with Crippen LogP contribution in [0.2, 0.25) is 0 Å². The molecule has 0 aromatic heterocycles. The molecule has 1 aliphatic heterocycles. The van der Waals surface area contributed by atoms with Crippen LogP contribution < -0.4 is 9.62 Å². The molecule has 0 saturated carbocycles. The van der Waals surface area contributed by atoms with Gasteiger partial charge in [-0.25, -0.2) is 8.42 Å². The van der Waals surface area contributed by atoms with Gasteiger partial charge < -0.3 is 5.32 Å². The number of anilines is 1. The topological polar surface area (TPSA) is 66.5 Å². The molecule has 3 aromatic carbocycles. The van der Waals surface area contributed by atoms with E-state index < -0.39 is 10.0 Å². The summed E-state index contributed by atoms with van der Waals surface area (Å²) in [6, 6.07) is 25.1. The maximum atomic E-state index is 13.1. The summed E-state index contributed by atoms with van der Waals surface area (Å²) in [5, 5.41) is 3.16. The zero-order valence-electron chi connectivity index (χ0n) is 16.8. The van der Waals surface area contributed by atoms with Crippen LogP contribution in [0.3, 0.4) is 0 Å². The van der Waals surface area contributed by atoms with Crippen LogP contribution >= 0.6 is 0 Å². The molecule has 0 spiro atoms. The smallest absolute Gasteiger partial charge is 0.251 e. The number of hydrogen-bond acceptors (Lipinski definition) is 3. The second-order valence-corrected chi connectivity index (χ2v) is 9.46. The molecule has 154 valence electrons. The predicted molar refractivity (Wildman–Crippen MR) is 119 cm³/mol. The molecule has 3 aromatic rings. The van der Waals surface area contributed by atoms with E-state index in [2.05, 4.69) is 17.4 Å². The number of carbonyl (C=O) groups is 1. The van der Waals surface area contributed by atoms with Crippen LogP contribution in [0.15, 0.2) is 78.9 Å². The number of amides is 1. The average molecular weight is 421 g/mol. The fourth-order valence-electron chi connectivity index (χ4n) is 3.89. The lowest BCUT2D eigenvalue weighted by atomic mass is 9.98. The minimum Gasteiger partial charge on any atom is -0.345 e. The number of benzene rings is 3. The second kappa shape index (κ2) is 8.32. The second-order valence-electron chi connectivity index (χ2n) is 7.56. The first-order valence-corrected chi connectivity index (χ1v) is 11.8. The first kappa shape index (κ1) is 20.2. The Bertz CT molecular complexity index is 1150. The van der Waals surface area contributed by atoms with E-state index in [1.807, 2.05) is 48.5 Å². The van der Waals surface area contributed by atoms with Crippen LogP contribution in [0.25, 0.3) is 0 Å². The summed E-state index contributed by atoms with van der Waals surface area (Å²) < 4.78 is 25.3. The number of nitrogens with one attached hydrogen (secondary N) is 1. The normalized spacial score (nSPS) is 14.2. The van der Waals surface area contributed by atoms with E-state index in [4.69, 9.17) is 0 Å². The molecule has 0 aliphatic carbocycles. The lowest BCUT2D eigenvalue weighted by Crippen LogP contribution is -2.30. The van der Waals surface area contributed by atoms with Gasteiger partial charge in [-0.05, 0) is 47.7 Å². The van der Waals surface area contributed by atoms with Crippen LogP contribution in [0.5, 0.6) is 0 Å². The fourth-order valence-corrected chi connectivity index (χ4v) is 4.84. The molecule has 0 fully saturated rings. The Hall–Kier alpha value is -3.12. The largest absolute Gasteiger partial charge is 0.345 e. The fraction of sp³-hybridized carbons (Fsp3) is 0.208. The van der Waals surface area contributed by atoms with Crippen molar-refractivity contribution in [1.29, 1.82) is 0 Å². The van der Waals surface area contributed by atoms with E-state index in [1.54, 1.807) is 18.2 Å². The van der Waals surface area contributed by atoms with E-state index >= 15 is 0 Å². The molecule has 4 rings (SSSR count). The molecular formula is C24H24N2O3S. The molecule has 0 saturated heterocycles. The first-order valence-electron chi connectivity index (χ1n) is 9.92. The molecule has 0 bridgehead atoms. The maximum absolute atomic E-state index is 13.1. The molecule has 0 radical (unpaired) electrons. The van der Waals surface area contributed by atoms with Crippen LogP contribution in [-0.4, -0.2) is 27.1 Å². The van der Waals surface area contributed by atoms with E-state index in [0.717, 1.165) is 16.7 Å². The zero-order chi connectivity index (χ0) is 21.1. The van der Waals surface area contributed by atoms with Gasteiger partial charge >= 0.3 is 0 Å². The van der Waals surface area contributed by atoms with Gasteiger partial charge in [-0.15, -0.1) is 0 Å². The molecule has 30 heavy (non-hydrogen) atoms. The third-order valence-corrected chi connectivity index (χ3v) is 6.56. The Balaban J connectivity index is 1.57. The molecular weight excluding hydrogens is 396 g/mol. The molecule has 1 N–H and O–H groups in total. The molecule has 6 heteroatoms. The number of sulfonamides is 1. The van der Waals surface area contributed by atoms with Crippen molar-refractivity contribution in [3.05, 3.63) is 101 Å². The summed E-state index contributed by atoms with van der Waals surface area (Å²) >= 11 is 0. The van der Waals surface area contributed by atoms with Crippen LogP contribution in [-0.2, 0) is 22.9 Å². The highest BCUT2D eigenvalue weighted by Crippen LogP contribution is 2.31. The average Bonchev–Trinajstić information content (AvgIpc) is 3.18. The number of hydrogen-bond donors (Lipinski definition) is 1. The standard InChI is InChI=1S/C24H24N2O3S/c1-30(28,29)26-15-14-20-17-21(12-13-23(20)26)24(27)25-22(19-10-6-3-7-11-19)16-18-8-4-2-5-9-18/h2-13,17,22H,14-16H2,1H3,(H,25,27). The Morgan fingerprint density at radius 2 is 1.67 bits per heavy atom. The van der Waals surface area contributed by atoms with Gasteiger partial charge in [0.05, 0.1) is 18.0 Å². The number of fused-ring (bicyclic) bond motifs is 1. The van der Waals surface area contributed by atoms with E-state index in [-0.39, 0.29) is 11.9 Å². The van der Waals surface area contributed by atoms with Crippen LogP contribution in [0.4, 0.5) is 5.69 Å². The minimum atomic E-state index is -3.31. The Morgan fingerprint density at radius 3 is 2.33 bits per heavy atom. The van der Waals surface area contributed by atoms with Gasteiger partial charge in [0.2, 0.25) is 10.0 Å². The molecule has 5 nitrogen and oxygen atoms in total. The van der Waals surface area contributed by atoms with Gasteiger partial charge in [0.25, 0.3) is 5.91 Å². The van der Waals surface area contributed by atoms with E-state index in [9.17, 15) is 13.2 Å². The summed E-state index contributed by atoms with van der Waals surface area (Å²) in [5.74, 6) is -0.166. The maximum Gasteiger partial charge on any atom is 0.251 e. The van der Waals surface area contributed by atoms with Crippen molar-refractivity contribution in [3.63, 3.8) is 0 Å². The van der Waals surface area contributed by atoms with Crippen molar-refractivity contribution in [3.8, 4) is 0 Å². The highest BCUT2D eigenvalue weighted by molar-refractivity contribution is 7.92. The summed E-state index contributed by atoms with van der Waals surface area (Å²) in [7, 11) is -3.31. The van der Waals surface area contributed by atoms with Crippen LogP contribution in [0.1, 0.15) is 33.1 Å². The first-order chi connectivity index (χ1) is 14.4. The number of rotatable bonds is 6. The Morgan fingerprint density at radius 1 is 1.00 bits per heavy atom. The summed E-state index contributed by atoms with van der Waals surface area (Å²) in [4.78, 5) is 13.1.